The van der Waals surface area contributed by atoms with Gasteiger partial charge in [-0.1, -0.05) is 17.7 Å². The van der Waals surface area contributed by atoms with Gasteiger partial charge in [-0.3, -0.25) is 14.1 Å². The van der Waals surface area contributed by atoms with Crippen molar-refractivity contribution in [1.29, 1.82) is 0 Å². The number of carbonyl (C=O) groups excluding carboxylic acids is 1. The van der Waals surface area contributed by atoms with Gasteiger partial charge >= 0.3 is 0 Å². The van der Waals surface area contributed by atoms with Gasteiger partial charge in [-0.2, -0.15) is 0 Å². The topological polar surface area (TPSA) is 79.4 Å². The maximum absolute atomic E-state index is 12.0. The van der Waals surface area contributed by atoms with E-state index in [2.05, 4.69) is 10.3 Å². The molecule has 1 N–H and O–H groups in total. The molecule has 0 aliphatic rings. The first-order valence-electron chi connectivity index (χ1n) is 7.25. The summed E-state index contributed by atoms with van der Waals surface area (Å²) in [5, 5.41) is 3.26. The van der Waals surface area contributed by atoms with Gasteiger partial charge in [-0.15, -0.1) is 0 Å². The number of sulfonamides is 1. The Hall–Kier alpha value is -2.12. The van der Waals surface area contributed by atoms with Crippen molar-refractivity contribution in [3.8, 4) is 0 Å². The van der Waals surface area contributed by atoms with Crippen molar-refractivity contribution < 1.29 is 13.2 Å². The van der Waals surface area contributed by atoms with Crippen LogP contribution in [0, 0.1) is 0 Å². The number of nitrogens with one attached hydrogen (secondary N) is 1. The lowest BCUT2D eigenvalue weighted by Gasteiger charge is -2.22. The Labute approximate surface area is 146 Å². The van der Waals surface area contributed by atoms with Crippen molar-refractivity contribution >= 4 is 33.2 Å². The fourth-order valence-corrected chi connectivity index (χ4v) is 3.14. The zero-order valence-corrected chi connectivity index (χ0v) is 14.7. The molecule has 0 aliphatic carbocycles. The largest absolute Gasteiger partial charge is 0.352 e. The van der Waals surface area contributed by atoms with Gasteiger partial charge in [0, 0.05) is 36.9 Å². The van der Waals surface area contributed by atoms with E-state index in [-0.39, 0.29) is 18.9 Å². The molecule has 0 atom stereocenters. The highest BCUT2D eigenvalue weighted by atomic mass is 35.5. The zero-order valence-electron chi connectivity index (χ0n) is 13.1. The summed E-state index contributed by atoms with van der Waals surface area (Å²) in [5.41, 5.74) is 1.35. The minimum Gasteiger partial charge on any atom is -0.352 e. The van der Waals surface area contributed by atoms with Gasteiger partial charge in [0.25, 0.3) is 0 Å². The molecule has 0 spiro atoms. The molecule has 6 nitrogen and oxygen atoms in total. The van der Waals surface area contributed by atoms with E-state index in [1.165, 1.54) is 4.31 Å². The van der Waals surface area contributed by atoms with Crippen LogP contribution in [-0.4, -0.2) is 32.1 Å². The van der Waals surface area contributed by atoms with E-state index in [1.54, 1.807) is 42.7 Å². The first-order chi connectivity index (χ1) is 11.4. The molecule has 0 aliphatic heterocycles. The predicted molar refractivity (Wildman–Crippen MR) is 94.3 cm³/mol. The van der Waals surface area contributed by atoms with E-state index in [9.17, 15) is 13.2 Å². The zero-order chi connectivity index (χ0) is 17.6. The van der Waals surface area contributed by atoms with E-state index in [1.807, 2.05) is 6.07 Å². The molecule has 2 rings (SSSR count). The summed E-state index contributed by atoms with van der Waals surface area (Å²) in [6.07, 6.45) is 4.48. The monoisotopic (exact) mass is 367 g/mol. The summed E-state index contributed by atoms with van der Waals surface area (Å²) in [5.74, 6) is -0.235. The van der Waals surface area contributed by atoms with Gasteiger partial charge in [0.1, 0.15) is 0 Å². The molecule has 1 aromatic heterocycles. The van der Waals surface area contributed by atoms with E-state index in [4.69, 9.17) is 11.6 Å². The quantitative estimate of drug-likeness (QED) is 0.813. The predicted octanol–water partition coefficient (Wildman–Crippen LogP) is 2.21. The van der Waals surface area contributed by atoms with Crippen LogP contribution in [0.15, 0.2) is 48.8 Å². The maximum atomic E-state index is 12.0. The Morgan fingerprint density at radius 3 is 2.54 bits per heavy atom. The Kier molecular flexibility index (Phi) is 6.16. The first kappa shape index (κ1) is 18.2. The summed E-state index contributed by atoms with van der Waals surface area (Å²) < 4.78 is 25.1. The highest BCUT2D eigenvalue weighted by Gasteiger charge is 2.18. The molecule has 2 aromatic rings. The second kappa shape index (κ2) is 8.12. The highest BCUT2D eigenvalue weighted by molar-refractivity contribution is 7.92. The molecule has 0 bridgehead atoms. The van der Waals surface area contributed by atoms with Crippen molar-refractivity contribution in [3.63, 3.8) is 0 Å². The first-order valence-corrected chi connectivity index (χ1v) is 9.48. The number of hydrogen-bond donors (Lipinski definition) is 1. The van der Waals surface area contributed by atoms with Gasteiger partial charge < -0.3 is 5.32 Å². The normalized spacial score (nSPS) is 11.1. The third-order valence-electron chi connectivity index (χ3n) is 3.27. The number of nitrogens with zero attached hydrogens (tertiary/aromatic N) is 2. The lowest BCUT2D eigenvalue weighted by Crippen LogP contribution is -2.34. The second-order valence-electron chi connectivity index (χ2n) is 5.20. The SMILES string of the molecule is CS(=O)(=O)N(CCC(=O)NCc1cccnc1)c1ccc(Cl)cc1. The van der Waals surface area contributed by atoms with Crippen LogP contribution in [0.25, 0.3) is 0 Å². The Morgan fingerprint density at radius 2 is 1.96 bits per heavy atom. The van der Waals surface area contributed by atoms with Crippen LogP contribution in [0.2, 0.25) is 5.02 Å². The number of amides is 1. The standard InChI is InChI=1S/C16H18ClN3O3S/c1-24(22,23)20(15-6-4-14(17)5-7-15)10-8-16(21)19-12-13-3-2-9-18-11-13/h2-7,9,11H,8,10,12H2,1H3,(H,19,21). The number of halogens is 1. The molecule has 1 aromatic carbocycles. The third-order valence-corrected chi connectivity index (χ3v) is 4.72. The number of carbonyl (C=O) groups is 1. The molecule has 0 radical (unpaired) electrons. The number of anilines is 1. The van der Waals surface area contributed by atoms with Crippen LogP contribution in [-0.2, 0) is 21.4 Å². The van der Waals surface area contributed by atoms with Crippen molar-refractivity contribution in [1.82, 2.24) is 10.3 Å². The smallest absolute Gasteiger partial charge is 0.232 e. The third kappa shape index (κ3) is 5.50. The molecule has 8 heteroatoms. The van der Waals surface area contributed by atoms with Gasteiger partial charge in [0.2, 0.25) is 15.9 Å². The van der Waals surface area contributed by atoms with E-state index < -0.39 is 10.0 Å². The minimum absolute atomic E-state index is 0.0515. The summed E-state index contributed by atoms with van der Waals surface area (Å²) >= 11 is 5.82. The van der Waals surface area contributed by atoms with Crippen LogP contribution in [0.1, 0.15) is 12.0 Å². The van der Waals surface area contributed by atoms with Crippen molar-refractivity contribution in [2.75, 3.05) is 17.1 Å². The number of hydrogen-bond acceptors (Lipinski definition) is 4. The van der Waals surface area contributed by atoms with Gasteiger partial charge in [0.05, 0.1) is 11.9 Å². The van der Waals surface area contributed by atoms with E-state index in [0.29, 0.717) is 17.3 Å². The lowest BCUT2D eigenvalue weighted by atomic mass is 10.2. The van der Waals surface area contributed by atoms with E-state index in [0.717, 1.165) is 11.8 Å². The Morgan fingerprint density at radius 1 is 1.25 bits per heavy atom. The van der Waals surface area contributed by atoms with Crippen LogP contribution in [0.5, 0.6) is 0 Å². The van der Waals surface area contributed by atoms with Gasteiger partial charge in [0.15, 0.2) is 0 Å². The molecule has 0 fully saturated rings. The average molecular weight is 368 g/mol. The molecule has 0 unspecified atom stereocenters. The number of aromatic nitrogens is 1. The fraction of sp³-hybridized carbons (Fsp3) is 0.250. The summed E-state index contributed by atoms with van der Waals surface area (Å²) in [7, 11) is -3.49. The van der Waals surface area contributed by atoms with Crippen LogP contribution in [0.4, 0.5) is 5.69 Å². The van der Waals surface area contributed by atoms with Gasteiger partial charge in [-0.25, -0.2) is 8.42 Å². The van der Waals surface area contributed by atoms with Crippen LogP contribution >= 0.6 is 11.6 Å². The fourth-order valence-electron chi connectivity index (χ4n) is 2.09. The van der Waals surface area contributed by atoms with Crippen LogP contribution in [0.3, 0.4) is 0 Å². The molecule has 1 heterocycles. The number of pyridine rings is 1. The summed E-state index contributed by atoms with van der Waals surface area (Å²) in [6.45, 7) is 0.409. The van der Waals surface area contributed by atoms with Crippen molar-refractivity contribution in [2.45, 2.75) is 13.0 Å². The molecule has 1 amide bonds. The Balaban J connectivity index is 1.95. The molecule has 24 heavy (non-hydrogen) atoms. The Bertz CT molecular complexity index is 780. The molecular formula is C16H18ClN3O3S. The van der Waals surface area contributed by atoms with E-state index >= 15 is 0 Å². The lowest BCUT2D eigenvalue weighted by molar-refractivity contribution is -0.121. The average Bonchev–Trinajstić information content (AvgIpc) is 2.54. The minimum atomic E-state index is -3.49. The molecule has 0 saturated carbocycles. The van der Waals surface area contributed by atoms with Crippen molar-refractivity contribution in [2.24, 2.45) is 0 Å². The molecular weight excluding hydrogens is 350 g/mol. The molecule has 128 valence electrons. The number of rotatable bonds is 7. The maximum Gasteiger partial charge on any atom is 0.232 e. The van der Waals surface area contributed by atoms with Gasteiger partial charge in [-0.05, 0) is 35.9 Å². The summed E-state index contributed by atoms with van der Waals surface area (Å²) in [4.78, 5) is 15.9. The molecule has 0 saturated heterocycles. The van der Waals surface area contributed by atoms with Crippen LogP contribution < -0.4 is 9.62 Å². The summed E-state index contributed by atoms with van der Waals surface area (Å²) in [6, 6.07) is 10.1. The second-order valence-corrected chi connectivity index (χ2v) is 7.54. The number of benzene rings is 1. The highest BCUT2D eigenvalue weighted by Crippen LogP contribution is 2.20. The van der Waals surface area contributed by atoms with Crippen molar-refractivity contribution in [3.05, 3.63) is 59.4 Å².